The number of rotatable bonds is 15. The maximum Gasteiger partial charge on any atom is 0.406 e. The van der Waals surface area contributed by atoms with E-state index in [1.807, 2.05) is 22.1 Å². The molecule has 9 N–H and O–H groups in total. The van der Waals surface area contributed by atoms with Gasteiger partial charge in [-0.1, -0.05) is 30.3 Å². The van der Waals surface area contributed by atoms with Crippen molar-refractivity contribution in [3.05, 3.63) is 72.4 Å². The molecule has 394 valence electrons. The highest BCUT2D eigenvalue weighted by Crippen LogP contribution is 2.35. The summed E-state index contributed by atoms with van der Waals surface area (Å²) in [7, 11) is 5.03. The molecule has 0 bridgehead atoms. The van der Waals surface area contributed by atoms with Crippen LogP contribution in [0.25, 0.3) is 44.2 Å². The van der Waals surface area contributed by atoms with Gasteiger partial charge in [0.25, 0.3) is 0 Å². The predicted octanol–water partition coefficient (Wildman–Crippen LogP) is 5.82. The van der Waals surface area contributed by atoms with Crippen LogP contribution >= 0.6 is 11.6 Å². The van der Waals surface area contributed by atoms with Crippen LogP contribution in [0.4, 0.5) is 19.2 Å². The molecule has 73 heavy (non-hydrogen) atoms. The third-order valence-corrected chi connectivity index (χ3v) is 11.4. The Hall–Kier alpha value is -7.99. The van der Waals surface area contributed by atoms with E-state index < -0.39 is 35.6 Å². The zero-order chi connectivity index (χ0) is 53.5. The van der Waals surface area contributed by atoms with Gasteiger partial charge in [0, 0.05) is 69.3 Å². The Morgan fingerprint density at radius 1 is 0.644 bits per heavy atom. The Morgan fingerprint density at radius 2 is 1.11 bits per heavy atom. The van der Waals surface area contributed by atoms with Crippen molar-refractivity contribution in [2.45, 2.75) is 63.5 Å². The number of aromatic nitrogens is 4. The number of ether oxygens (including phenoxy) is 4. The van der Waals surface area contributed by atoms with Gasteiger partial charge in [0.2, 0.25) is 11.8 Å². The molecule has 0 aliphatic carbocycles. The van der Waals surface area contributed by atoms with E-state index in [0.29, 0.717) is 13.1 Å². The SMILES string of the molecule is COC(=O)Cl.COC(=O)NCCC(=O)N1CCC[C@H]1c1ncc(-c2ccc3cc(-c4ccc5nc([C@@H]6CCCN6C(=O)CCNC(=O)OC)[nH]c5c4)ccc3c2)[nH]1.COC(=O)NCCC(=O)O.NCCC(=O)O. The molecule has 2 aromatic heterocycles. The number of nitrogens with two attached hydrogens (primary N) is 1. The first kappa shape index (κ1) is 57.6. The summed E-state index contributed by atoms with van der Waals surface area (Å²) >= 11 is 4.60. The number of aromatic amines is 2. The monoisotopic (exact) mass is 1040 g/mol. The molecule has 2 fully saturated rings. The number of methoxy groups -OCH3 is 4. The molecule has 4 heterocycles. The van der Waals surface area contributed by atoms with Crippen LogP contribution in [-0.4, -0.2) is 155 Å². The third kappa shape index (κ3) is 18.0. The number of carbonyl (C=O) groups is 8. The number of aliphatic carboxylic acids is 2. The molecule has 0 spiro atoms. The summed E-state index contributed by atoms with van der Waals surface area (Å²) in [5.74, 6) is -0.306. The summed E-state index contributed by atoms with van der Waals surface area (Å²) < 4.78 is 17.2. The number of hydrogen-bond acceptors (Lipinski definition) is 15. The summed E-state index contributed by atoms with van der Waals surface area (Å²) in [6.07, 6.45) is 3.92. The van der Waals surface area contributed by atoms with Gasteiger partial charge in [-0.3, -0.25) is 19.2 Å². The van der Waals surface area contributed by atoms with Gasteiger partial charge in [-0.25, -0.2) is 29.1 Å². The zero-order valence-electron chi connectivity index (χ0n) is 40.9. The Labute approximate surface area is 424 Å². The van der Waals surface area contributed by atoms with Gasteiger partial charge in [-0.2, -0.15) is 0 Å². The largest absolute Gasteiger partial charge is 0.481 e. The molecule has 0 unspecified atom stereocenters. The van der Waals surface area contributed by atoms with E-state index >= 15 is 0 Å². The minimum atomic E-state index is -0.948. The van der Waals surface area contributed by atoms with Crippen LogP contribution in [0.2, 0.25) is 0 Å². The van der Waals surface area contributed by atoms with E-state index in [0.717, 1.165) is 81.5 Å². The van der Waals surface area contributed by atoms with Crippen LogP contribution in [0.5, 0.6) is 0 Å². The van der Waals surface area contributed by atoms with E-state index in [1.165, 1.54) is 28.4 Å². The number of nitrogens with one attached hydrogen (secondary N) is 5. The number of alkyl carbamates (subject to hydrolysis) is 3. The normalized spacial score (nSPS) is 14.5. The van der Waals surface area contributed by atoms with Gasteiger partial charge in [-0.05, 0) is 71.8 Å². The number of carbonyl (C=O) groups excluding carboxylic acids is 6. The Kier molecular flexibility index (Phi) is 23.2. The molecule has 5 amide bonds. The fourth-order valence-electron chi connectivity index (χ4n) is 7.75. The van der Waals surface area contributed by atoms with Gasteiger partial charge in [0.15, 0.2) is 0 Å². The van der Waals surface area contributed by atoms with Crippen LogP contribution < -0.4 is 21.7 Å². The summed E-state index contributed by atoms with van der Waals surface area (Å²) in [6, 6.07) is 18.6. The van der Waals surface area contributed by atoms with Crippen LogP contribution in [0, 0.1) is 0 Å². The number of carboxylic acids is 2. The topological polar surface area (TPSA) is 340 Å². The molecule has 2 aliphatic rings. The van der Waals surface area contributed by atoms with Crippen molar-refractivity contribution in [1.29, 1.82) is 0 Å². The van der Waals surface area contributed by atoms with Crippen molar-refractivity contribution in [3.8, 4) is 22.4 Å². The quantitative estimate of drug-likeness (QED) is 0.0452. The average molecular weight is 1040 g/mol. The smallest absolute Gasteiger partial charge is 0.406 e. The molecule has 3 aromatic carbocycles. The first-order valence-corrected chi connectivity index (χ1v) is 23.4. The lowest BCUT2D eigenvalue weighted by Crippen LogP contribution is -2.34. The molecule has 0 saturated carbocycles. The standard InChI is InChI=1S/C38H42N8O6.C5H9NO4.C3H7NO2.C2H3ClO2/c1-51-37(49)39-15-13-33(47)45-17-3-5-31(45)35-41-22-30(44-35)27-10-9-23-19-24(7-8-25(23)20-27)26-11-12-28-29(21-26)43-36(42-28)32-6-4-18-46(32)34(48)14-16-40-38(50)52-2;1-10-5(9)6-3-2-4(7)8;4-2-1-3(5)6;1-5-2(3)4/h7-12,19-22,31-32H,3-6,13-18H2,1-2H3,(H,39,49)(H,40,50)(H,41,44)(H,42,43);2-3H2,1H3,(H,6,9)(H,7,8);1-2,4H2,(H,5,6);1H3/t31-,32-;;;/m0.../s1. The number of nitrogens with zero attached hydrogens (tertiary/aromatic N) is 4. The lowest BCUT2D eigenvalue weighted by molar-refractivity contribution is -0.137. The molecule has 25 heteroatoms. The summed E-state index contributed by atoms with van der Waals surface area (Å²) in [4.78, 5) is 108. The Bertz CT molecular complexity index is 2690. The summed E-state index contributed by atoms with van der Waals surface area (Å²) in [5, 5.41) is 25.5. The van der Waals surface area contributed by atoms with Crippen molar-refractivity contribution in [2.24, 2.45) is 5.73 Å². The van der Waals surface area contributed by atoms with Gasteiger partial charge < -0.3 is 70.6 Å². The van der Waals surface area contributed by atoms with Crippen molar-refractivity contribution in [3.63, 3.8) is 0 Å². The highest BCUT2D eigenvalue weighted by Gasteiger charge is 2.33. The first-order chi connectivity index (χ1) is 35.0. The molecular formula is C48H61ClN10O14. The van der Waals surface area contributed by atoms with E-state index in [9.17, 15) is 38.4 Å². The number of hydrogen-bond donors (Lipinski definition) is 8. The van der Waals surface area contributed by atoms with Crippen LogP contribution in [0.3, 0.4) is 0 Å². The van der Waals surface area contributed by atoms with Crippen molar-refractivity contribution in [1.82, 2.24) is 45.7 Å². The number of imidazole rings is 2. The third-order valence-electron chi connectivity index (χ3n) is 11.3. The number of H-pyrrole nitrogens is 2. The second kappa shape index (κ2) is 29.4. The number of benzene rings is 3. The molecule has 5 aromatic rings. The van der Waals surface area contributed by atoms with Crippen LogP contribution in [-0.2, 0) is 38.1 Å². The van der Waals surface area contributed by atoms with Gasteiger partial charge in [-0.15, -0.1) is 0 Å². The summed E-state index contributed by atoms with van der Waals surface area (Å²) in [5.41, 5.74) is 9.84. The average Bonchev–Trinajstić information content (AvgIpc) is 4.23. The van der Waals surface area contributed by atoms with E-state index in [-0.39, 0.29) is 75.8 Å². The molecule has 0 radical (unpaired) electrons. The molecule has 2 aliphatic heterocycles. The van der Waals surface area contributed by atoms with Crippen LogP contribution in [0.15, 0.2) is 60.8 Å². The second-order valence-corrected chi connectivity index (χ2v) is 16.4. The van der Waals surface area contributed by atoms with Crippen molar-refractivity contribution >= 4 is 80.9 Å². The Balaban J connectivity index is 0.000000462. The van der Waals surface area contributed by atoms with E-state index in [1.54, 1.807) is 0 Å². The van der Waals surface area contributed by atoms with E-state index in [2.05, 4.69) is 110 Å². The number of fused-ring (bicyclic) bond motifs is 2. The van der Waals surface area contributed by atoms with Crippen molar-refractivity contribution < 1.29 is 67.5 Å². The molecule has 24 nitrogen and oxygen atoms in total. The van der Waals surface area contributed by atoms with Crippen molar-refractivity contribution in [2.75, 3.05) is 67.7 Å². The minimum Gasteiger partial charge on any atom is -0.481 e. The zero-order valence-corrected chi connectivity index (χ0v) is 41.6. The second-order valence-electron chi connectivity index (χ2n) is 16.1. The lowest BCUT2D eigenvalue weighted by atomic mass is 9.99. The van der Waals surface area contributed by atoms with Crippen LogP contribution in [0.1, 0.15) is 75.1 Å². The van der Waals surface area contributed by atoms with E-state index in [4.69, 9.17) is 20.9 Å². The highest BCUT2D eigenvalue weighted by molar-refractivity contribution is 6.61. The number of halogens is 1. The number of carboxylic acid groups (broad SMARTS) is 2. The molecule has 2 saturated heterocycles. The van der Waals surface area contributed by atoms with Gasteiger partial charge >= 0.3 is 35.6 Å². The lowest BCUT2D eigenvalue weighted by Gasteiger charge is -2.23. The van der Waals surface area contributed by atoms with Gasteiger partial charge in [0.05, 0.1) is 76.3 Å². The number of amides is 5. The molecular weight excluding hydrogens is 976 g/mol. The first-order valence-electron chi connectivity index (χ1n) is 23.0. The summed E-state index contributed by atoms with van der Waals surface area (Å²) in [6.45, 7) is 2.09. The maximum absolute atomic E-state index is 13.0. The number of likely N-dealkylation sites (tertiary alicyclic amines) is 2. The highest BCUT2D eigenvalue weighted by atomic mass is 35.5. The minimum absolute atomic E-state index is 0.0252. The maximum atomic E-state index is 13.0. The fraction of sp³-hybridized carbons (Fsp3) is 0.417. The molecule has 2 atom stereocenters. The molecule has 7 rings (SSSR count). The Morgan fingerprint density at radius 3 is 1.59 bits per heavy atom. The predicted molar refractivity (Wildman–Crippen MR) is 266 cm³/mol. The fourth-order valence-corrected chi connectivity index (χ4v) is 7.75. The van der Waals surface area contributed by atoms with Gasteiger partial charge in [0.1, 0.15) is 11.6 Å².